The van der Waals surface area contributed by atoms with Crippen LogP contribution >= 0.6 is 0 Å². The molecule has 0 atom stereocenters. The van der Waals surface area contributed by atoms with Gasteiger partial charge in [-0.15, -0.1) is 0 Å². The maximum absolute atomic E-state index is 11.0. The van der Waals surface area contributed by atoms with Crippen LogP contribution in [0.3, 0.4) is 0 Å². The van der Waals surface area contributed by atoms with E-state index < -0.39 is 5.97 Å². The monoisotopic (exact) mass is 292 g/mol. The van der Waals surface area contributed by atoms with E-state index in [1.165, 1.54) is 14.0 Å². The number of anilines is 1. The molecule has 0 saturated heterocycles. The third-order valence-electron chi connectivity index (χ3n) is 1.82. The van der Waals surface area contributed by atoms with Gasteiger partial charge in [-0.3, -0.25) is 10.2 Å². The highest BCUT2D eigenvalue weighted by Gasteiger charge is 2.04. The van der Waals surface area contributed by atoms with E-state index in [9.17, 15) is 9.59 Å². The Morgan fingerprint density at radius 2 is 1.95 bits per heavy atom. The molecule has 0 radical (unpaired) electrons. The number of carboxylic acids is 1. The van der Waals surface area contributed by atoms with Crippen molar-refractivity contribution in [3.8, 4) is 17.6 Å². The van der Waals surface area contributed by atoms with Crippen LogP contribution in [0.1, 0.15) is 12.5 Å². The van der Waals surface area contributed by atoms with Crippen molar-refractivity contribution in [3.63, 3.8) is 0 Å². The number of carboxylic acid groups (broad SMARTS) is 1. The Kier molecular flexibility index (Phi) is 7.47. The molecule has 8 nitrogen and oxygen atoms in total. The van der Waals surface area contributed by atoms with E-state index in [2.05, 4.69) is 22.7 Å². The molecule has 0 unspecified atom stereocenters. The molecule has 1 aromatic rings. The first kappa shape index (κ1) is 17.8. The third kappa shape index (κ3) is 8.50. The highest BCUT2D eigenvalue weighted by Crippen LogP contribution is 2.24. The molecule has 0 aliphatic carbocycles. The first-order chi connectivity index (χ1) is 9.76. The summed E-state index contributed by atoms with van der Waals surface area (Å²) in [6, 6.07) is 4.77. The number of hydrogen-bond donors (Lipinski definition) is 5. The average Bonchev–Trinajstić information content (AvgIpc) is 2.35. The molecule has 0 spiro atoms. The zero-order valence-corrected chi connectivity index (χ0v) is 11.6. The summed E-state index contributed by atoms with van der Waals surface area (Å²) in [5.41, 5.74) is 9.88. The van der Waals surface area contributed by atoms with E-state index in [1.54, 1.807) is 18.2 Å². The van der Waals surface area contributed by atoms with Crippen LogP contribution in [0, 0.1) is 17.3 Å². The molecule has 0 bridgehead atoms. The number of nitrogens with one attached hydrogen (secondary N) is 2. The molecular weight excluding hydrogens is 276 g/mol. The molecule has 8 heteroatoms. The summed E-state index contributed by atoms with van der Waals surface area (Å²) in [4.78, 5) is 21.3. The van der Waals surface area contributed by atoms with Crippen LogP contribution in [0.25, 0.3) is 0 Å². The fourth-order valence-electron chi connectivity index (χ4n) is 1.20. The highest BCUT2D eigenvalue weighted by atomic mass is 16.5. The Hall–Kier alpha value is -3.21. The maximum Gasteiger partial charge on any atom is 0.382 e. The van der Waals surface area contributed by atoms with E-state index in [-0.39, 0.29) is 11.9 Å². The van der Waals surface area contributed by atoms with Gasteiger partial charge in [0, 0.05) is 18.4 Å². The number of nitrogens with two attached hydrogens (primary N) is 2. The molecule has 21 heavy (non-hydrogen) atoms. The number of aliphatic carboxylic acids is 1. The van der Waals surface area contributed by atoms with Crippen LogP contribution in [-0.4, -0.2) is 30.1 Å². The van der Waals surface area contributed by atoms with Gasteiger partial charge in [-0.2, -0.15) is 0 Å². The molecule has 7 N–H and O–H groups in total. The first-order valence-electron chi connectivity index (χ1n) is 5.56. The molecule has 1 rings (SSSR count). The topological polar surface area (TPSA) is 152 Å². The first-order valence-corrected chi connectivity index (χ1v) is 5.56. The fraction of sp³-hybridized carbons (Fsp3) is 0.154. The zero-order chi connectivity index (χ0) is 16.4. The van der Waals surface area contributed by atoms with Gasteiger partial charge in [0.25, 0.3) is 0 Å². The van der Waals surface area contributed by atoms with E-state index in [0.29, 0.717) is 17.0 Å². The minimum absolute atomic E-state index is 0.244. The molecule has 0 fully saturated rings. The van der Waals surface area contributed by atoms with Crippen molar-refractivity contribution in [1.82, 2.24) is 0 Å². The summed E-state index contributed by atoms with van der Waals surface area (Å²) in [6.45, 7) is 1.37. The largest absolute Gasteiger partial charge is 0.495 e. The van der Waals surface area contributed by atoms with E-state index >= 15 is 0 Å². The van der Waals surface area contributed by atoms with Crippen LogP contribution < -0.4 is 21.5 Å². The number of ether oxygens (including phenoxy) is 1. The van der Waals surface area contributed by atoms with Crippen LogP contribution in [0.15, 0.2) is 18.2 Å². The van der Waals surface area contributed by atoms with Gasteiger partial charge >= 0.3 is 5.97 Å². The van der Waals surface area contributed by atoms with Gasteiger partial charge in [0.05, 0.1) is 12.8 Å². The maximum atomic E-state index is 11.0. The molecule has 1 aromatic carbocycles. The van der Waals surface area contributed by atoms with Crippen molar-refractivity contribution in [3.05, 3.63) is 23.8 Å². The number of amides is 1. The predicted molar refractivity (Wildman–Crippen MR) is 77.9 cm³/mol. The van der Waals surface area contributed by atoms with E-state index in [4.69, 9.17) is 15.3 Å². The number of methoxy groups -OCH3 is 1. The summed E-state index contributed by atoms with van der Waals surface area (Å²) < 4.78 is 5.05. The van der Waals surface area contributed by atoms with Crippen molar-refractivity contribution in [2.45, 2.75) is 6.92 Å². The van der Waals surface area contributed by atoms with Crippen LogP contribution in [0.5, 0.6) is 5.75 Å². The molecule has 0 saturated carbocycles. The Bertz CT molecular complexity index is 598. The second-order valence-corrected chi connectivity index (χ2v) is 3.61. The second-order valence-electron chi connectivity index (χ2n) is 3.61. The van der Waals surface area contributed by atoms with Gasteiger partial charge in [0.15, 0.2) is 5.96 Å². The Labute approximate surface area is 121 Å². The lowest BCUT2D eigenvalue weighted by molar-refractivity contribution is -0.130. The second kappa shape index (κ2) is 8.82. The molecule has 0 aliphatic rings. The van der Waals surface area contributed by atoms with Crippen molar-refractivity contribution in [1.29, 1.82) is 5.41 Å². The van der Waals surface area contributed by atoms with E-state index in [1.807, 2.05) is 5.92 Å². The zero-order valence-electron chi connectivity index (χ0n) is 11.6. The number of carbonyl (C=O) groups excluding carboxylic acids is 1. The van der Waals surface area contributed by atoms with Gasteiger partial charge in [-0.25, -0.2) is 4.79 Å². The Morgan fingerprint density at radius 1 is 1.38 bits per heavy atom. The normalized spacial score (nSPS) is 8.29. The Morgan fingerprint density at radius 3 is 2.38 bits per heavy atom. The third-order valence-corrected chi connectivity index (χ3v) is 1.82. The molecule has 0 heterocycles. The van der Waals surface area contributed by atoms with Crippen LogP contribution in [-0.2, 0) is 9.59 Å². The number of carbonyl (C=O) groups is 2. The quantitative estimate of drug-likeness (QED) is 0.292. The molecule has 0 aromatic heterocycles. The van der Waals surface area contributed by atoms with Crippen molar-refractivity contribution in [2.75, 3.05) is 12.4 Å². The number of rotatable bonds is 2. The van der Waals surface area contributed by atoms with Gasteiger partial charge < -0.3 is 26.6 Å². The van der Waals surface area contributed by atoms with Crippen molar-refractivity contribution >= 4 is 23.5 Å². The molecule has 112 valence electrons. The summed E-state index contributed by atoms with van der Waals surface area (Å²) >= 11 is 0. The van der Waals surface area contributed by atoms with Gasteiger partial charge in [-0.05, 0) is 18.2 Å². The van der Waals surface area contributed by atoms with Gasteiger partial charge in [0.2, 0.25) is 5.91 Å². The van der Waals surface area contributed by atoms with Crippen LogP contribution in [0.4, 0.5) is 5.69 Å². The molecule has 0 aliphatic heterocycles. The average molecular weight is 292 g/mol. The van der Waals surface area contributed by atoms with Gasteiger partial charge in [0.1, 0.15) is 5.75 Å². The number of hydrogen-bond acceptors (Lipinski definition) is 4. The number of benzene rings is 1. The van der Waals surface area contributed by atoms with Crippen molar-refractivity contribution in [2.24, 2.45) is 11.5 Å². The lowest BCUT2D eigenvalue weighted by Crippen LogP contribution is -2.20. The minimum atomic E-state index is -1.21. The summed E-state index contributed by atoms with van der Waals surface area (Å²) in [5.74, 6) is 3.15. The van der Waals surface area contributed by atoms with E-state index in [0.717, 1.165) is 0 Å². The molecular formula is C13H16N4O4. The highest BCUT2D eigenvalue weighted by molar-refractivity contribution is 5.91. The fourth-order valence-corrected chi connectivity index (χ4v) is 1.20. The van der Waals surface area contributed by atoms with Gasteiger partial charge in [-0.1, -0.05) is 5.92 Å². The SMILES string of the molecule is COc1ccc(C#CC(=O)O)cc1NC(C)=O.N=C(N)N. The van der Waals surface area contributed by atoms with Crippen LogP contribution in [0.2, 0.25) is 0 Å². The summed E-state index contributed by atoms with van der Waals surface area (Å²) in [6.07, 6.45) is 0. The summed E-state index contributed by atoms with van der Waals surface area (Å²) in [7, 11) is 1.48. The smallest absolute Gasteiger partial charge is 0.382 e. The number of guanidine groups is 1. The lowest BCUT2D eigenvalue weighted by atomic mass is 10.2. The lowest BCUT2D eigenvalue weighted by Gasteiger charge is -2.08. The minimum Gasteiger partial charge on any atom is -0.495 e. The Balaban J connectivity index is 0.000000885. The summed E-state index contributed by atoms with van der Waals surface area (Å²) in [5, 5.41) is 17.1. The van der Waals surface area contributed by atoms with Crippen molar-refractivity contribution < 1.29 is 19.4 Å². The molecule has 1 amide bonds. The predicted octanol–water partition coefficient (Wildman–Crippen LogP) is -0.0717. The standard InChI is InChI=1S/C12H11NO4.CH5N3/c1-8(14)13-10-7-9(4-6-12(15)16)3-5-11(10)17-2;2-1(3)4/h3,5,7H,1-2H3,(H,13,14)(H,15,16);(H5,2,3,4).